The van der Waals surface area contributed by atoms with Gasteiger partial charge in [0.25, 0.3) is 5.91 Å². The van der Waals surface area contributed by atoms with Crippen LogP contribution < -0.4 is 11.1 Å². The minimum absolute atomic E-state index is 0.186. The fourth-order valence-corrected chi connectivity index (χ4v) is 4.31. The third-order valence-electron chi connectivity index (χ3n) is 5.17. The summed E-state index contributed by atoms with van der Waals surface area (Å²) in [5.41, 5.74) is 13.1. The number of nitrogen functional groups attached to an aromatic ring is 1. The fourth-order valence-electron chi connectivity index (χ4n) is 3.29. The number of carbonyl (C=O) groups is 1. The highest BCUT2D eigenvalue weighted by molar-refractivity contribution is 7.21. The molecule has 7 heteroatoms. The van der Waals surface area contributed by atoms with E-state index >= 15 is 0 Å². The van der Waals surface area contributed by atoms with Crippen LogP contribution in [-0.4, -0.2) is 21.1 Å². The van der Waals surface area contributed by atoms with Gasteiger partial charge in [-0.1, -0.05) is 6.07 Å². The second-order valence-corrected chi connectivity index (χ2v) is 7.87. The van der Waals surface area contributed by atoms with Gasteiger partial charge >= 0.3 is 0 Å². The molecule has 4 N–H and O–H groups in total. The lowest BCUT2D eigenvalue weighted by atomic mass is 10.1. The molecule has 138 valence electrons. The number of amides is 1. The summed E-state index contributed by atoms with van der Waals surface area (Å²) in [6.07, 6.45) is 0. The Morgan fingerprint density at radius 1 is 1.19 bits per heavy atom. The first-order chi connectivity index (χ1) is 12.9. The number of thiophene rings is 1. The maximum atomic E-state index is 12.7. The molecule has 3 heterocycles. The summed E-state index contributed by atoms with van der Waals surface area (Å²) in [5.74, 6) is -0.186. The van der Waals surface area contributed by atoms with E-state index in [1.807, 2.05) is 26.0 Å². The van der Waals surface area contributed by atoms with E-state index in [0.29, 0.717) is 21.9 Å². The van der Waals surface area contributed by atoms with Crippen molar-refractivity contribution >= 4 is 44.1 Å². The fraction of sp³-hybridized carbons (Fsp3) is 0.250. The molecule has 3 aromatic heterocycles. The Hall–Kier alpha value is -2.93. The van der Waals surface area contributed by atoms with Crippen molar-refractivity contribution in [3.8, 4) is 0 Å². The lowest BCUT2D eigenvalue weighted by Gasteiger charge is -2.06. The predicted molar refractivity (Wildman–Crippen MR) is 110 cm³/mol. The van der Waals surface area contributed by atoms with Gasteiger partial charge in [-0.05, 0) is 56.5 Å². The molecule has 0 saturated heterocycles. The standard InChI is InChI=1S/C20H21N5OS/c1-9-11(3)23-15-6-5-13(7-14(9)15)8-22-19(26)18-17(21)16-10(2)12(4)24-25-20(16)27-18/h5-7,23H,8,21H2,1-4H3,(H,22,26). The molecule has 0 fully saturated rings. The van der Waals surface area contributed by atoms with Crippen LogP contribution in [0.2, 0.25) is 0 Å². The molecule has 0 aliphatic heterocycles. The molecule has 1 aromatic carbocycles. The van der Waals surface area contributed by atoms with E-state index in [2.05, 4.69) is 40.4 Å². The van der Waals surface area contributed by atoms with Crippen molar-refractivity contribution in [3.05, 3.63) is 51.2 Å². The van der Waals surface area contributed by atoms with Crippen LogP contribution in [0.3, 0.4) is 0 Å². The number of aromatic nitrogens is 3. The molecular weight excluding hydrogens is 358 g/mol. The molecule has 4 rings (SSSR count). The number of hydrogen-bond donors (Lipinski definition) is 3. The number of hydrogen-bond acceptors (Lipinski definition) is 5. The maximum absolute atomic E-state index is 12.7. The van der Waals surface area contributed by atoms with Gasteiger partial charge < -0.3 is 16.0 Å². The van der Waals surface area contributed by atoms with Crippen LogP contribution in [0.15, 0.2) is 18.2 Å². The Bertz CT molecular complexity index is 1200. The smallest absolute Gasteiger partial charge is 0.263 e. The van der Waals surface area contributed by atoms with Crippen LogP contribution in [0.4, 0.5) is 5.69 Å². The molecule has 0 spiro atoms. The van der Waals surface area contributed by atoms with Crippen molar-refractivity contribution in [1.29, 1.82) is 0 Å². The molecule has 1 amide bonds. The first-order valence-corrected chi connectivity index (χ1v) is 9.56. The van der Waals surface area contributed by atoms with Crippen molar-refractivity contribution < 1.29 is 4.79 Å². The number of fused-ring (bicyclic) bond motifs is 2. The summed E-state index contributed by atoms with van der Waals surface area (Å²) in [4.78, 5) is 17.2. The van der Waals surface area contributed by atoms with Gasteiger partial charge in [-0.15, -0.1) is 16.4 Å². The zero-order chi connectivity index (χ0) is 19.3. The second-order valence-electron chi connectivity index (χ2n) is 6.87. The van der Waals surface area contributed by atoms with Gasteiger partial charge in [-0.25, -0.2) is 0 Å². The zero-order valence-corrected chi connectivity index (χ0v) is 16.5. The van der Waals surface area contributed by atoms with E-state index in [4.69, 9.17) is 5.73 Å². The van der Waals surface area contributed by atoms with Gasteiger partial charge in [0, 0.05) is 28.5 Å². The van der Waals surface area contributed by atoms with Crippen molar-refractivity contribution in [2.24, 2.45) is 0 Å². The molecule has 0 aliphatic carbocycles. The number of nitrogens with one attached hydrogen (secondary N) is 2. The molecule has 0 atom stereocenters. The van der Waals surface area contributed by atoms with Crippen LogP contribution in [-0.2, 0) is 6.54 Å². The quantitative estimate of drug-likeness (QED) is 0.503. The number of aryl methyl sites for hydroxylation is 4. The van der Waals surface area contributed by atoms with Crippen LogP contribution in [0, 0.1) is 27.7 Å². The number of anilines is 1. The summed E-state index contributed by atoms with van der Waals surface area (Å²) in [6, 6.07) is 6.18. The van der Waals surface area contributed by atoms with E-state index in [0.717, 1.165) is 33.4 Å². The molecule has 6 nitrogen and oxygen atoms in total. The summed E-state index contributed by atoms with van der Waals surface area (Å²) >= 11 is 1.28. The Balaban J connectivity index is 1.60. The normalized spacial score (nSPS) is 11.4. The maximum Gasteiger partial charge on any atom is 0.263 e. The van der Waals surface area contributed by atoms with E-state index in [9.17, 15) is 4.79 Å². The zero-order valence-electron chi connectivity index (χ0n) is 15.7. The SMILES string of the molecule is Cc1nnc2sc(C(=O)NCc3ccc4[nH]c(C)c(C)c4c3)c(N)c2c1C. The predicted octanol–water partition coefficient (Wildman–Crippen LogP) is 3.92. The van der Waals surface area contributed by atoms with Crippen LogP contribution >= 0.6 is 11.3 Å². The number of rotatable bonds is 3. The first kappa shape index (κ1) is 17.5. The molecule has 0 bridgehead atoms. The van der Waals surface area contributed by atoms with E-state index in [1.54, 1.807) is 0 Å². The number of aromatic amines is 1. The molecule has 0 aliphatic rings. The Kier molecular flexibility index (Phi) is 4.11. The summed E-state index contributed by atoms with van der Waals surface area (Å²) in [6.45, 7) is 8.44. The van der Waals surface area contributed by atoms with E-state index < -0.39 is 0 Å². The molecule has 0 unspecified atom stereocenters. The molecule has 0 saturated carbocycles. The largest absolute Gasteiger partial charge is 0.397 e. The van der Waals surface area contributed by atoms with Crippen LogP contribution in [0.5, 0.6) is 0 Å². The van der Waals surface area contributed by atoms with Crippen molar-refractivity contribution in [3.63, 3.8) is 0 Å². The first-order valence-electron chi connectivity index (χ1n) is 8.74. The Morgan fingerprint density at radius 2 is 1.96 bits per heavy atom. The minimum Gasteiger partial charge on any atom is -0.397 e. The van der Waals surface area contributed by atoms with Crippen molar-refractivity contribution in [2.45, 2.75) is 34.2 Å². The number of nitrogens with zero attached hydrogens (tertiary/aromatic N) is 2. The molecule has 4 aromatic rings. The van der Waals surface area contributed by atoms with Gasteiger partial charge in [-0.2, -0.15) is 5.10 Å². The number of carbonyl (C=O) groups excluding carboxylic acids is 1. The number of H-pyrrole nitrogens is 1. The van der Waals surface area contributed by atoms with Gasteiger partial charge in [0.15, 0.2) is 0 Å². The number of nitrogens with two attached hydrogens (primary N) is 1. The highest BCUT2D eigenvalue weighted by Gasteiger charge is 2.19. The molecular formula is C20H21N5OS. The third-order valence-corrected chi connectivity index (χ3v) is 6.26. The van der Waals surface area contributed by atoms with Crippen molar-refractivity contribution in [2.75, 3.05) is 5.73 Å². The van der Waals surface area contributed by atoms with E-state index in [-0.39, 0.29) is 5.91 Å². The average Bonchev–Trinajstić information content (AvgIpc) is 3.13. The number of benzene rings is 1. The highest BCUT2D eigenvalue weighted by atomic mass is 32.1. The summed E-state index contributed by atoms with van der Waals surface area (Å²) in [7, 11) is 0. The summed E-state index contributed by atoms with van der Waals surface area (Å²) in [5, 5.41) is 13.3. The molecule has 27 heavy (non-hydrogen) atoms. The topological polar surface area (TPSA) is 96.7 Å². The molecule has 0 radical (unpaired) electrons. The average molecular weight is 379 g/mol. The van der Waals surface area contributed by atoms with Gasteiger partial charge in [0.1, 0.15) is 9.71 Å². The highest BCUT2D eigenvalue weighted by Crippen LogP contribution is 2.34. The Morgan fingerprint density at radius 3 is 2.74 bits per heavy atom. The summed E-state index contributed by atoms with van der Waals surface area (Å²) < 4.78 is 0. The monoisotopic (exact) mass is 379 g/mol. The van der Waals surface area contributed by atoms with Crippen molar-refractivity contribution in [1.82, 2.24) is 20.5 Å². The second kappa shape index (κ2) is 6.35. The third kappa shape index (κ3) is 2.84. The van der Waals surface area contributed by atoms with E-state index in [1.165, 1.54) is 22.3 Å². The van der Waals surface area contributed by atoms with Gasteiger partial charge in [0.05, 0.1) is 11.4 Å². The van der Waals surface area contributed by atoms with Crippen LogP contribution in [0.25, 0.3) is 21.1 Å². The van der Waals surface area contributed by atoms with Crippen LogP contribution in [0.1, 0.15) is 37.7 Å². The van der Waals surface area contributed by atoms with Gasteiger partial charge in [-0.3, -0.25) is 4.79 Å². The minimum atomic E-state index is -0.186. The Labute approximate surface area is 160 Å². The van der Waals surface area contributed by atoms with Gasteiger partial charge in [0.2, 0.25) is 0 Å². The lowest BCUT2D eigenvalue weighted by Crippen LogP contribution is -2.22. The lowest BCUT2D eigenvalue weighted by molar-refractivity contribution is 0.0956.